The maximum absolute atomic E-state index is 5.97. The fraction of sp³-hybridized carbons (Fsp3) is 1.00. The molecular formula is C29H59NOSi. The number of hydrogen-bond donors (Lipinski definition) is 1. The predicted octanol–water partition coefficient (Wildman–Crippen LogP) is 8.96. The van der Waals surface area contributed by atoms with Gasteiger partial charge in [-0.05, 0) is 88.8 Å². The van der Waals surface area contributed by atoms with Crippen molar-refractivity contribution in [1.29, 1.82) is 0 Å². The van der Waals surface area contributed by atoms with Crippen LogP contribution in [0.3, 0.4) is 0 Å². The standard InChI is InChI=1S/C29H59NOSi/c1-22-23(2)25(4)27(24(22)3)32(30-28(5,6)7,26-18-14-13-15-19-26)21-17-12-11-16-20-31-29(8,9)10/h22-27,30H,11-21H2,1-10H3. The van der Waals surface area contributed by atoms with E-state index in [1.807, 2.05) is 0 Å². The summed E-state index contributed by atoms with van der Waals surface area (Å²) in [6, 6.07) is 1.49. The highest BCUT2D eigenvalue weighted by molar-refractivity contribution is 6.80. The molecule has 2 rings (SSSR count). The number of hydrogen-bond acceptors (Lipinski definition) is 2. The van der Waals surface area contributed by atoms with Gasteiger partial charge in [0.05, 0.1) is 5.60 Å². The second kappa shape index (κ2) is 11.7. The van der Waals surface area contributed by atoms with Gasteiger partial charge in [0.2, 0.25) is 0 Å². The Bertz CT molecular complexity index is 530. The van der Waals surface area contributed by atoms with E-state index in [0.717, 1.165) is 41.4 Å². The van der Waals surface area contributed by atoms with Gasteiger partial charge in [0.25, 0.3) is 0 Å². The third-order valence-electron chi connectivity index (χ3n) is 9.18. The maximum Gasteiger partial charge on any atom is 0.132 e. The molecule has 2 saturated carbocycles. The fourth-order valence-electron chi connectivity index (χ4n) is 7.49. The average Bonchev–Trinajstić information content (AvgIpc) is 2.88. The molecule has 0 radical (unpaired) electrons. The molecule has 0 aromatic carbocycles. The Kier molecular flexibility index (Phi) is 10.4. The van der Waals surface area contributed by atoms with Gasteiger partial charge in [-0.2, -0.15) is 0 Å². The van der Waals surface area contributed by atoms with E-state index in [2.05, 4.69) is 74.2 Å². The smallest absolute Gasteiger partial charge is 0.132 e. The van der Waals surface area contributed by atoms with Crippen molar-refractivity contribution in [3.05, 3.63) is 0 Å². The Hall–Kier alpha value is 0.137. The predicted molar refractivity (Wildman–Crippen MR) is 145 cm³/mol. The minimum Gasteiger partial charge on any atom is -0.376 e. The molecule has 5 atom stereocenters. The molecule has 2 aliphatic rings. The van der Waals surface area contributed by atoms with Gasteiger partial charge in [0.15, 0.2) is 0 Å². The Morgan fingerprint density at radius 2 is 1.25 bits per heavy atom. The Balaban J connectivity index is 2.18. The fourth-order valence-corrected chi connectivity index (χ4v) is 15.4. The van der Waals surface area contributed by atoms with Gasteiger partial charge in [-0.25, -0.2) is 0 Å². The van der Waals surface area contributed by atoms with E-state index >= 15 is 0 Å². The normalized spacial score (nSPS) is 32.2. The molecule has 2 aliphatic carbocycles. The van der Waals surface area contributed by atoms with E-state index in [1.165, 1.54) is 63.8 Å². The van der Waals surface area contributed by atoms with Crippen LogP contribution in [0.1, 0.15) is 127 Å². The summed E-state index contributed by atoms with van der Waals surface area (Å²) in [4.78, 5) is 4.52. The molecule has 3 heteroatoms. The van der Waals surface area contributed by atoms with Crippen molar-refractivity contribution in [2.45, 2.75) is 155 Å². The summed E-state index contributed by atoms with van der Waals surface area (Å²) in [6.07, 6.45) is 12.7. The van der Waals surface area contributed by atoms with Crippen LogP contribution in [0.15, 0.2) is 0 Å². The summed E-state index contributed by atoms with van der Waals surface area (Å²) in [6.45, 7) is 25.1. The summed E-state index contributed by atoms with van der Waals surface area (Å²) in [5.41, 5.74) is 2.13. The number of unbranched alkanes of at least 4 members (excludes halogenated alkanes) is 3. The molecule has 0 saturated heterocycles. The molecule has 2 nitrogen and oxygen atoms in total. The zero-order chi connectivity index (χ0) is 24.2. The van der Waals surface area contributed by atoms with Gasteiger partial charge in [-0.3, -0.25) is 0 Å². The zero-order valence-corrected chi connectivity index (χ0v) is 24.7. The minimum atomic E-state index is -1.69. The molecule has 0 aliphatic heterocycles. The first kappa shape index (κ1) is 28.4. The zero-order valence-electron chi connectivity index (χ0n) is 23.7. The first-order valence-corrected chi connectivity index (χ1v) is 16.6. The van der Waals surface area contributed by atoms with E-state index in [4.69, 9.17) is 4.74 Å². The van der Waals surface area contributed by atoms with Gasteiger partial charge in [0, 0.05) is 12.1 Å². The first-order chi connectivity index (χ1) is 14.8. The lowest BCUT2D eigenvalue weighted by atomic mass is 9.92. The third kappa shape index (κ3) is 7.57. The Morgan fingerprint density at radius 3 is 1.75 bits per heavy atom. The number of nitrogens with one attached hydrogen (secondary N) is 1. The summed E-state index contributed by atoms with van der Waals surface area (Å²) in [5, 5.41) is 0. The van der Waals surface area contributed by atoms with E-state index < -0.39 is 8.24 Å². The van der Waals surface area contributed by atoms with Gasteiger partial charge in [-0.1, -0.05) is 79.1 Å². The maximum atomic E-state index is 5.97. The molecule has 0 spiro atoms. The largest absolute Gasteiger partial charge is 0.376 e. The van der Waals surface area contributed by atoms with E-state index in [9.17, 15) is 0 Å². The highest BCUT2D eigenvalue weighted by atomic mass is 28.3. The second-order valence-electron chi connectivity index (χ2n) is 13.8. The highest BCUT2D eigenvalue weighted by Crippen LogP contribution is 2.59. The molecule has 32 heavy (non-hydrogen) atoms. The van der Waals surface area contributed by atoms with E-state index in [1.54, 1.807) is 0 Å². The van der Waals surface area contributed by atoms with E-state index in [-0.39, 0.29) is 11.1 Å². The number of rotatable bonds is 10. The third-order valence-corrected chi connectivity index (χ3v) is 15.8. The molecular weight excluding hydrogens is 406 g/mol. The molecule has 1 N–H and O–H groups in total. The van der Waals surface area contributed by atoms with Crippen molar-refractivity contribution in [1.82, 2.24) is 4.98 Å². The Morgan fingerprint density at radius 1 is 0.719 bits per heavy atom. The van der Waals surface area contributed by atoms with Gasteiger partial charge in [-0.15, -0.1) is 0 Å². The number of ether oxygens (including phenoxy) is 1. The summed E-state index contributed by atoms with van der Waals surface area (Å²) >= 11 is 0. The van der Waals surface area contributed by atoms with Gasteiger partial charge >= 0.3 is 0 Å². The highest BCUT2D eigenvalue weighted by Gasteiger charge is 2.57. The molecule has 0 aromatic heterocycles. The SMILES string of the molecule is CC1C(C)C(C)C([Si](CCCCCCOC(C)(C)C)(NC(C)(C)C)C2CCCCC2)C1C. The van der Waals surface area contributed by atoms with Crippen LogP contribution in [0.2, 0.25) is 17.1 Å². The second-order valence-corrected chi connectivity index (χ2v) is 18.2. The lowest BCUT2D eigenvalue weighted by molar-refractivity contribution is -0.00471. The molecule has 5 unspecified atom stereocenters. The molecule has 190 valence electrons. The van der Waals surface area contributed by atoms with Gasteiger partial charge < -0.3 is 9.72 Å². The molecule has 0 heterocycles. The molecule has 0 amide bonds. The van der Waals surface area contributed by atoms with Crippen LogP contribution in [0.5, 0.6) is 0 Å². The molecule has 0 bridgehead atoms. The lowest BCUT2D eigenvalue weighted by Gasteiger charge is -2.52. The van der Waals surface area contributed by atoms with Crippen LogP contribution in [-0.2, 0) is 4.74 Å². The molecule has 0 aromatic rings. The minimum absolute atomic E-state index is 0.00180. The summed E-state index contributed by atoms with van der Waals surface area (Å²) in [7, 11) is -1.69. The van der Waals surface area contributed by atoms with E-state index in [0.29, 0.717) is 0 Å². The van der Waals surface area contributed by atoms with Crippen LogP contribution >= 0.6 is 0 Å². The lowest BCUT2D eigenvalue weighted by Crippen LogP contribution is -2.65. The monoisotopic (exact) mass is 465 g/mol. The van der Waals surface area contributed by atoms with Crippen molar-refractivity contribution in [2.24, 2.45) is 23.7 Å². The van der Waals surface area contributed by atoms with Crippen molar-refractivity contribution < 1.29 is 4.74 Å². The first-order valence-electron chi connectivity index (χ1n) is 14.2. The van der Waals surface area contributed by atoms with Crippen molar-refractivity contribution in [2.75, 3.05) is 6.61 Å². The van der Waals surface area contributed by atoms with Crippen molar-refractivity contribution in [3.8, 4) is 0 Å². The Labute approximate surface area is 203 Å². The summed E-state index contributed by atoms with van der Waals surface area (Å²) in [5.74, 6) is 3.45. The van der Waals surface area contributed by atoms with Crippen LogP contribution < -0.4 is 4.98 Å². The topological polar surface area (TPSA) is 21.3 Å². The van der Waals surface area contributed by atoms with Crippen LogP contribution in [-0.4, -0.2) is 26.0 Å². The van der Waals surface area contributed by atoms with Gasteiger partial charge in [0.1, 0.15) is 8.24 Å². The summed E-state index contributed by atoms with van der Waals surface area (Å²) < 4.78 is 5.97. The van der Waals surface area contributed by atoms with Crippen LogP contribution in [0, 0.1) is 23.7 Å². The quantitative estimate of drug-likeness (QED) is 0.257. The van der Waals surface area contributed by atoms with Crippen LogP contribution in [0.4, 0.5) is 0 Å². The van der Waals surface area contributed by atoms with Crippen molar-refractivity contribution in [3.63, 3.8) is 0 Å². The van der Waals surface area contributed by atoms with Crippen molar-refractivity contribution >= 4 is 8.24 Å². The average molecular weight is 466 g/mol. The molecule has 2 fully saturated rings. The van der Waals surface area contributed by atoms with Crippen LogP contribution in [0.25, 0.3) is 0 Å².